The number of aryl methyl sites for hydroxylation is 1. The SMILES string of the molecule is CCN(C)c1cc(C#N)nc(C)n1. The Hall–Kier alpha value is -1.63. The quantitative estimate of drug-likeness (QED) is 0.677. The summed E-state index contributed by atoms with van der Waals surface area (Å²) in [6.07, 6.45) is 0. The molecule has 4 nitrogen and oxygen atoms in total. The summed E-state index contributed by atoms with van der Waals surface area (Å²) in [5.41, 5.74) is 0.419. The second kappa shape index (κ2) is 3.85. The smallest absolute Gasteiger partial charge is 0.146 e. The summed E-state index contributed by atoms with van der Waals surface area (Å²) in [5, 5.41) is 8.68. The summed E-state index contributed by atoms with van der Waals surface area (Å²) in [7, 11) is 1.93. The number of hydrogen-bond acceptors (Lipinski definition) is 4. The van der Waals surface area contributed by atoms with Crippen LogP contribution in [0.3, 0.4) is 0 Å². The summed E-state index contributed by atoms with van der Waals surface area (Å²) in [4.78, 5) is 10.2. The molecule has 1 heterocycles. The Balaban J connectivity index is 3.10. The molecule has 0 fully saturated rings. The first-order chi connectivity index (χ1) is 6.17. The lowest BCUT2D eigenvalue weighted by atomic mass is 10.4. The number of hydrogen-bond donors (Lipinski definition) is 0. The van der Waals surface area contributed by atoms with Gasteiger partial charge < -0.3 is 4.90 Å². The van der Waals surface area contributed by atoms with Gasteiger partial charge in [0, 0.05) is 19.7 Å². The van der Waals surface area contributed by atoms with Crippen molar-refractivity contribution >= 4 is 5.82 Å². The topological polar surface area (TPSA) is 52.8 Å². The minimum atomic E-state index is 0.419. The van der Waals surface area contributed by atoms with E-state index in [0.29, 0.717) is 11.5 Å². The van der Waals surface area contributed by atoms with Crippen molar-refractivity contribution in [2.75, 3.05) is 18.5 Å². The lowest BCUT2D eigenvalue weighted by Gasteiger charge is -2.15. The van der Waals surface area contributed by atoms with Crippen molar-refractivity contribution < 1.29 is 0 Å². The maximum absolute atomic E-state index is 8.68. The van der Waals surface area contributed by atoms with Gasteiger partial charge in [-0.3, -0.25) is 0 Å². The van der Waals surface area contributed by atoms with Gasteiger partial charge in [-0.1, -0.05) is 0 Å². The maximum Gasteiger partial charge on any atom is 0.146 e. The van der Waals surface area contributed by atoms with Gasteiger partial charge in [0.2, 0.25) is 0 Å². The first-order valence-corrected chi connectivity index (χ1v) is 4.14. The van der Waals surface area contributed by atoms with Gasteiger partial charge in [-0.25, -0.2) is 9.97 Å². The van der Waals surface area contributed by atoms with E-state index in [-0.39, 0.29) is 0 Å². The van der Waals surface area contributed by atoms with Gasteiger partial charge in [0.25, 0.3) is 0 Å². The molecule has 0 saturated carbocycles. The monoisotopic (exact) mass is 176 g/mol. The lowest BCUT2D eigenvalue weighted by molar-refractivity contribution is 0.908. The molecule has 68 valence electrons. The predicted octanol–water partition coefficient (Wildman–Crippen LogP) is 1.11. The molecule has 0 N–H and O–H groups in total. The fourth-order valence-corrected chi connectivity index (χ4v) is 0.967. The predicted molar refractivity (Wildman–Crippen MR) is 50.4 cm³/mol. The van der Waals surface area contributed by atoms with Crippen molar-refractivity contribution in [2.45, 2.75) is 13.8 Å². The molecule has 0 aromatic carbocycles. The normalized spacial score (nSPS) is 9.38. The van der Waals surface area contributed by atoms with Crippen LogP contribution >= 0.6 is 0 Å². The van der Waals surface area contributed by atoms with Crippen molar-refractivity contribution in [3.63, 3.8) is 0 Å². The van der Waals surface area contributed by atoms with Crippen molar-refractivity contribution in [2.24, 2.45) is 0 Å². The van der Waals surface area contributed by atoms with Crippen LogP contribution in [0.25, 0.3) is 0 Å². The first kappa shape index (κ1) is 9.46. The average molecular weight is 176 g/mol. The van der Waals surface area contributed by atoms with Crippen LogP contribution in [0.1, 0.15) is 18.4 Å². The van der Waals surface area contributed by atoms with E-state index in [1.54, 1.807) is 13.0 Å². The number of nitriles is 1. The van der Waals surface area contributed by atoms with E-state index in [1.807, 2.05) is 24.9 Å². The fraction of sp³-hybridized carbons (Fsp3) is 0.444. The van der Waals surface area contributed by atoms with E-state index in [4.69, 9.17) is 5.26 Å². The van der Waals surface area contributed by atoms with Crippen LogP contribution in [0, 0.1) is 18.3 Å². The lowest BCUT2D eigenvalue weighted by Crippen LogP contribution is -2.18. The van der Waals surface area contributed by atoms with E-state index in [0.717, 1.165) is 12.4 Å². The van der Waals surface area contributed by atoms with Crippen LogP contribution in [0.5, 0.6) is 0 Å². The van der Waals surface area contributed by atoms with Crippen molar-refractivity contribution in [3.05, 3.63) is 17.6 Å². The van der Waals surface area contributed by atoms with Crippen molar-refractivity contribution in [3.8, 4) is 6.07 Å². The van der Waals surface area contributed by atoms with E-state index in [1.165, 1.54) is 0 Å². The van der Waals surface area contributed by atoms with Gasteiger partial charge in [0.05, 0.1) is 0 Å². The zero-order chi connectivity index (χ0) is 9.84. The van der Waals surface area contributed by atoms with Gasteiger partial charge in [0.1, 0.15) is 23.4 Å². The second-order valence-electron chi connectivity index (χ2n) is 2.78. The summed E-state index contributed by atoms with van der Waals surface area (Å²) >= 11 is 0. The Morgan fingerprint density at radius 3 is 2.77 bits per heavy atom. The third kappa shape index (κ3) is 2.15. The molecule has 0 aliphatic heterocycles. The molecule has 0 aliphatic carbocycles. The third-order valence-corrected chi connectivity index (χ3v) is 1.80. The van der Waals surface area contributed by atoms with Crippen LogP contribution in [-0.4, -0.2) is 23.6 Å². The standard InChI is InChI=1S/C9H12N4/c1-4-13(3)9-5-8(6-10)11-7(2)12-9/h5H,4H2,1-3H3. The van der Waals surface area contributed by atoms with Crippen LogP contribution in [-0.2, 0) is 0 Å². The minimum absolute atomic E-state index is 0.419. The Kier molecular flexibility index (Phi) is 2.80. The fourth-order valence-electron chi connectivity index (χ4n) is 0.967. The van der Waals surface area contributed by atoms with Gasteiger partial charge in [-0.15, -0.1) is 0 Å². The Morgan fingerprint density at radius 2 is 2.23 bits per heavy atom. The molecule has 4 heteroatoms. The van der Waals surface area contributed by atoms with Gasteiger partial charge in [0.15, 0.2) is 0 Å². The highest BCUT2D eigenvalue weighted by Gasteiger charge is 2.03. The van der Waals surface area contributed by atoms with Crippen LogP contribution in [0.4, 0.5) is 5.82 Å². The molecule has 0 amide bonds. The second-order valence-corrected chi connectivity index (χ2v) is 2.78. The molecule has 0 atom stereocenters. The maximum atomic E-state index is 8.68. The zero-order valence-corrected chi connectivity index (χ0v) is 8.07. The molecule has 0 saturated heterocycles. The van der Waals surface area contributed by atoms with E-state index in [9.17, 15) is 0 Å². The molecular formula is C9H12N4. The molecule has 1 aromatic heterocycles. The minimum Gasteiger partial charge on any atom is -0.360 e. The highest BCUT2D eigenvalue weighted by molar-refractivity contribution is 5.41. The summed E-state index contributed by atoms with van der Waals surface area (Å²) in [6, 6.07) is 3.70. The number of aromatic nitrogens is 2. The van der Waals surface area contributed by atoms with Crippen molar-refractivity contribution in [1.29, 1.82) is 5.26 Å². The van der Waals surface area contributed by atoms with E-state index < -0.39 is 0 Å². The Bertz CT molecular complexity index is 340. The third-order valence-electron chi connectivity index (χ3n) is 1.80. The number of nitrogens with zero attached hydrogens (tertiary/aromatic N) is 4. The van der Waals surface area contributed by atoms with E-state index >= 15 is 0 Å². The molecule has 0 unspecified atom stereocenters. The Morgan fingerprint density at radius 1 is 1.54 bits per heavy atom. The molecule has 0 radical (unpaired) electrons. The summed E-state index contributed by atoms with van der Waals surface area (Å²) in [6.45, 7) is 4.68. The summed E-state index contributed by atoms with van der Waals surface area (Å²) < 4.78 is 0. The average Bonchev–Trinajstić information content (AvgIpc) is 2.15. The summed E-state index contributed by atoms with van der Waals surface area (Å²) in [5.74, 6) is 1.43. The molecule has 1 aromatic rings. The molecule has 0 bridgehead atoms. The largest absolute Gasteiger partial charge is 0.360 e. The highest BCUT2D eigenvalue weighted by Crippen LogP contribution is 2.09. The zero-order valence-electron chi connectivity index (χ0n) is 8.07. The van der Waals surface area contributed by atoms with Crippen LogP contribution in [0.2, 0.25) is 0 Å². The number of rotatable bonds is 2. The van der Waals surface area contributed by atoms with Gasteiger partial charge in [-0.2, -0.15) is 5.26 Å². The highest BCUT2D eigenvalue weighted by atomic mass is 15.2. The molecule has 0 aliphatic rings. The van der Waals surface area contributed by atoms with Crippen LogP contribution < -0.4 is 4.90 Å². The van der Waals surface area contributed by atoms with Crippen molar-refractivity contribution in [1.82, 2.24) is 9.97 Å². The molecular weight excluding hydrogens is 164 g/mol. The van der Waals surface area contributed by atoms with Gasteiger partial charge >= 0.3 is 0 Å². The molecule has 13 heavy (non-hydrogen) atoms. The van der Waals surface area contributed by atoms with Gasteiger partial charge in [-0.05, 0) is 13.8 Å². The number of anilines is 1. The first-order valence-electron chi connectivity index (χ1n) is 4.14. The van der Waals surface area contributed by atoms with Crippen LogP contribution in [0.15, 0.2) is 6.07 Å². The molecule has 0 spiro atoms. The Labute approximate surface area is 77.8 Å². The van der Waals surface area contributed by atoms with E-state index in [2.05, 4.69) is 9.97 Å². The molecule has 1 rings (SSSR count).